The van der Waals surface area contributed by atoms with Gasteiger partial charge in [-0.05, 0) is 49.7 Å². The Labute approximate surface area is 131 Å². The second-order valence-corrected chi connectivity index (χ2v) is 9.43. The summed E-state index contributed by atoms with van der Waals surface area (Å²) in [5.41, 5.74) is 1.04. The molecule has 1 fully saturated rings. The quantitative estimate of drug-likeness (QED) is 0.897. The first-order valence-electron chi connectivity index (χ1n) is 7.52. The smallest absolute Gasteiger partial charge is 0.150 e. The molecule has 0 spiro atoms. The van der Waals surface area contributed by atoms with Gasteiger partial charge in [0, 0.05) is 12.3 Å². The maximum absolute atomic E-state index is 11.9. The Balaban J connectivity index is 2.23. The molecule has 0 amide bonds. The van der Waals surface area contributed by atoms with Crippen LogP contribution in [0.5, 0.6) is 0 Å². The van der Waals surface area contributed by atoms with Crippen molar-refractivity contribution in [2.45, 2.75) is 56.7 Å². The molecule has 1 saturated carbocycles. The molecule has 1 heterocycles. The zero-order valence-electron chi connectivity index (χ0n) is 13.2. The molecule has 0 bridgehead atoms. The summed E-state index contributed by atoms with van der Waals surface area (Å²) in [5, 5.41) is 7.44. The van der Waals surface area contributed by atoms with E-state index in [1.54, 1.807) is 0 Å². The molecule has 0 radical (unpaired) electrons. The van der Waals surface area contributed by atoms with Gasteiger partial charge in [-0.25, -0.2) is 8.42 Å². The summed E-state index contributed by atoms with van der Waals surface area (Å²) < 4.78 is 27.8. The van der Waals surface area contributed by atoms with Crippen LogP contribution in [0.25, 0.3) is 0 Å². The predicted octanol–water partition coefficient (Wildman–Crippen LogP) is 2.53. The molecule has 1 aromatic heterocycles. The van der Waals surface area contributed by atoms with Crippen LogP contribution < -0.4 is 5.32 Å². The van der Waals surface area contributed by atoms with Crippen LogP contribution in [0.3, 0.4) is 0 Å². The summed E-state index contributed by atoms with van der Waals surface area (Å²) in [5.74, 6) is 0.673. The number of hydrogen-bond donors (Lipinski definition) is 1. The third-order valence-corrected chi connectivity index (χ3v) is 6.89. The molecular formula is C14H25N3O2S2. The summed E-state index contributed by atoms with van der Waals surface area (Å²) in [6.45, 7) is 4.24. The maximum atomic E-state index is 11.9. The van der Waals surface area contributed by atoms with Crippen LogP contribution in [0.15, 0.2) is 0 Å². The van der Waals surface area contributed by atoms with Crippen molar-refractivity contribution in [2.75, 3.05) is 13.3 Å². The zero-order valence-corrected chi connectivity index (χ0v) is 14.8. The first-order chi connectivity index (χ1) is 9.84. The summed E-state index contributed by atoms with van der Waals surface area (Å²) in [6.07, 6.45) is 4.93. The highest BCUT2D eigenvalue weighted by molar-refractivity contribution is 7.91. The zero-order chi connectivity index (χ0) is 15.6. The molecule has 120 valence electrons. The lowest BCUT2D eigenvalue weighted by atomic mass is 9.82. The molecule has 1 aromatic rings. The van der Waals surface area contributed by atoms with Crippen molar-refractivity contribution in [2.24, 2.45) is 5.92 Å². The predicted molar refractivity (Wildman–Crippen MR) is 86.4 cm³/mol. The average molecular weight is 332 g/mol. The summed E-state index contributed by atoms with van der Waals surface area (Å²) in [4.78, 5) is 1.17. The number of sulfone groups is 1. The summed E-state index contributed by atoms with van der Waals surface area (Å²) >= 11 is 1.44. The molecule has 0 saturated heterocycles. The standard InChI is InChI=1S/C14H25N3O2S2/c1-9(2)12-14(20-17-16-12)13(15-3)10-6-5-7-11(8-10)21(4,18)19/h9-11,13,15H,5-8H2,1-4H3. The van der Waals surface area contributed by atoms with Crippen molar-refractivity contribution in [1.82, 2.24) is 14.9 Å². The molecule has 5 nitrogen and oxygen atoms in total. The van der Waals surface area contributed by atoms with Crippen LogP contribution in [0, 0.1) is 5.92 Å². The first kappa shape index (κ1) is 16.8. The summed E-state index contributed by atoms with van der Waals surface area (Å²) in [6, 6.07) is 0.159. The van der Waals surface area contributed by atoms with E-state index in [4.69, 9.17) is 0 Å². The monoisotopic (exact) mass is 331 g/mol. The van der Waals surface area contributed by atoms with Crippen LogP contribution in [0.4, 0.5) is 0 Å². The number of nitrogens with one attached hydrogen (secondary N) is 1. The van der Waals surface area contributed by atoms with Crippen molar-refractivity contribution in [3.8, 4) is 0 Å². The van der Waals surface area contributed by atoms with E-state index in [0.717, 1.165) is 31.4 Å². The normalized spacial score (nSPS) is 25.2. The Hall–Kier alpha value is -0.530. The van der Waals surface area contributed by atoms with Gasteiger partial charge in [-0.1, -0.05) is 24.8 Å². The van der Waals surface area contributed by atoms with Gasteiger partial charge in [0.15, 0.2) is 0 Å². The van der Waals surface area contributed by atoms with Gasteiger partial charge in [-0.15, -0.1) is 5.10 Å². The molecule has 1 aliphatic rings. The van der Waals surface area contributed by atoms with E-state index in [0.29, 0.717) is 11.8 Å². The van der Waals surface area contributed by atoms with E-state index >= 15 is 0 Å². The van der Waals surface area contributed by atoms with Crippen LogP contribution in [-0.2, 0) is 9.84 Å². The topological polar surface area (TPSA) is 72.0 Å². The average Bonchev–Trinajstić information content (AvgIpc) is 2.88. The van der Waals surface area contributed by atoms with Gasteiger partial charge >= 0.3 is 0 Å². The van der Waals surface area contributed by atoms with Crippen LogP contribution in [-0.4, -0.2) is 36.6 Å². The van der Waals surface area contributed by atoms with E-state index in [1.807, 2.05) is 7.05 Å². The molecule has 1 N–H and O–H groups in total. The molecule has 3 atom stereocenters. The molecular weight excluding hydrogens is 306 g/mol. The van der Waals surface area contributed by atoms with Gasteiger partial charge in [0.2, 0.25) is 0 Å². The minimum absolute atomic E-state index is 0.159. The van der Waals surface area contributed by atoms with Crippen LogP contribution >= 0.6 is 11.5 Å². The Morgan fingerprint density at radius 1 is 1.33 bits per heavy atom. The van der Waals surface area contributed by atoms with Gasteiger partial charge in [0.1, 0.15) is 9.84 Å². The Morgan fingerprint density at radius 3 is 2.62 bits per heavy atom. The van der Waals surface area contributed by atoms with Gasteiger partial charge in [-0.3, -0.25) is 0 Å². The Bertz CT molecular complexity index is 569. The molecule has 0 aromatic carbocycles. The SMILES string of the molecule is CNC(c1snnc1C(C)C)C1CCCC(S(C)(=O)=O)C1. The van der Waals surface area contributed by atoms with Gasteiger partial charge in [0.25, 0.3) is 0 Å². The number of aromatic nitrogens is 2. The van der Waals surface area contributed by atoms with Crippen molar-refractivity contribution in [3.63, 3.8) is 0 Å². The van der Waals surface area contributed by atoms with Crippen molar-refractivity contribution in [1.29, 1.82) is 0 Å². The highest BCUT2D eigenvalue weighted by Gasteiger charge is 2.35. The third-order valence-electron chi connectivity index (χ3n) is 4.42. The number of nitrogens with zero attached hydrogens (tertiary/aromatic N) is 2. The summed E-state index contributed by atoms with van der Waals surface area (Å²) in [7, 11) is -1.01. The second-order valence-electron chi connectivity index (χ2n) is 6.32. The third kappa shape index (κ3) is 3.81. The molecule has 3 unspecified atom stereocenters. The Morgan fingerprint density at radius 2 is 2.05 bits per heavy atom. The fourth-order valence-corrected chi connectivity index (χ4v) is 5.48. The number of rotatable bonds is 5. The highest BCUT2D eigenvalue weighted by atomic mass is 32.2. The fourth-order valence-electron chi connectivity index (χ4n) is 3.27. The van der Waals surface area contributed by atoms with E-state index in [1.165, 1.54) is 22.7 Å². The second kappa shape index (κ2) is 6.71. The maximum Gasteiger partial charge on any atom is 0.150 e. The lowest BCUT2D eigenvalue weighted by Gasteiger charge is -2.33. The van der Waals surface area contributed by atoms with E-state index < -0.39 is 9.84 Å². The molecule has 21 heavy (non-hydrogen) atoms. The van der Waals surface area contributed by atoms with E-state index in [9.17, 15) is 8.42 Å². The minimum atomic E-state index is -2.95. The van der Waals surface area contributed by atoms with E-state index in [2.05, 4.69) is 28.8 Å². The largest absolute Gasteiger partial charge is 0.312 e. The first-order valence-corrected chi connectivity index (χ1v) is 10.3. The molecule has 1 aliphatic carbocycles. The lowest BCUT2D eigenvalue weighted by Crippen LogP contribution is -2.34. The van der Waals surface area contributed by atoms with Crippen molar-refractivity contribution in [3.05, 3.63) is 10.6 Å². The number of hydrogen-bond acceptors (Lipinski definition) is 6. The van der Waals surface area contributed by atoms with Crippen molar-refractivity contribution < 1.29 is 8.42 Å². The van der Waals surface area contributed by atoms with Gasteiger partial charge in [-0.2, -0.15) is 0 Å². The highest BCUT2D eigenvalue weighted by Crippen LogP contribution is 2.39. The van der Waals surface area contributed by atoms with Crippen LogP contribution in [0.2, 0.25) is 0 Å². The minimum Gasteiger partial charge on any atom is -0.312 e. The van der Waals surface area contributed by atoms with Crippen molar-refractivity contribution >= 4 is 21.4 Å². The van der Waals surface area contributed by atoms with E-state index in [-0.39, 0.29) is 11.3 Å². The fraction of sp³-hybridized carbons (Fsp3) is 0.857. The molecule has 2 rings (SSSR count). The lowest BCUT2D eigenvalue weighted by molar-refractivity contribution is 0.284. The van der Waals surface area contributed by atoms with Gasteiger partial charge in [0.05, 0.1) is 15.8 Å². The van der Waals surface area contributed by atoms with Gasteiger partial charge < -0.3 is 5.32 Å². The molecule has 0 aliphatic heterocycles. The Kier molecular flexibility index (Phi) is 5.38. The van der Waals surface area contributed by atoms with Crippen LogP contribution in [0.1, 0.15) is 62.1 Å². The molecule has 7 heteroatoms.